The minimum Gasteiger partial charge on any atom is -0.492 e. The molecule has 1 aromatic rings. The third kappa shape index (κ3) is 5.07. The summed E-state index contributed by atoms with van der Waals surface area (Å²) in [5, 5.41) is 0. The van der Waals surface area contributed by atoms with Gasteiger partial charge in [0.15, 0.2) is 9.84 Å². The molecule has 1 rings (SSSR count). The number of hydrogen-bond acceptors (Lipinski definition) is 3. The lowest BCUT2D eigenvalue weighted by molar-refractivity contribution is 0.339. The van der Waals surface area contributed by atoms with Gasteiger partial charge in [0.05, 0.1) is 16.4 Å². The lowest BCUT2D eigenvalue weighted by Gasteiger charge is -2.19. The molecule has 20 heavy (non-hydrogen) atoms. The summed E-state index contributed by atoms with van der Waals surface area (Å²) in [6.45, 7) is 5.19. The van der Waals surface area contributed by atoms with Gasteiger partial charge in [0.1, 0.15) is 12.4 Å². The van der Waals surface area contributed by atoms with Crippen LogP contribution in [0.2, 0.25) is 0 Å². The summed E-state index contributed by atoms with van der Waals surface area (Å²) in [5.74, 6) is 6.52. The Bertz CT molecular complexity index is 604. The molecule has 0 saturated carbocycles. The van der Waals surface area contributed by atoms with Crippen LogP contribution in [-0.2, 0) is 9.84 Å². The molecule has 0 saturated heterocycles. The summed E-state index contributed by atoms with van der Waals surface area (Å²) < 4.78 is 28.6. The van der Waals surface area contributed by atoms with Crippen molar-refractivity contribution in [3.63, 3.8) is 0 Å². The minimum atomic E-state index is -3.16. The van der Waals surface area contributed by atoms with Gasteiger partial charge >= 0.3 is 0 Å². The highest BCUT2D eigenvalue weighted by atomic mass is 35.5. The standard InChI is InChI=1S/C15H19ClO3S/c1-15(2,3)20(17,18)11-10-19-14-8-4-6-13(12-14)7-5-9-16/h4,6,8,12H,9-11H2,1-3H3. The summed E-state index contributed by atoms with van der Waals surface area (Å²) in [6, 6.07) is 7.20. The summed E-state index contributed by atoms with van der Waals surface area (Å²) in [6.07, 6.45) is 0. The van der Waals surface area contributed by atoms with E-state index in [1.54, 1.807) is 32.9 Å². The Labute approximate surface area is 126 Å². The molecular formula is C15H19ClO3S. The molecule has 0 heterocycles. The number of rotatable bonds is 4. The summed E-state index contributed by atoms with van der Waals surface area (Å²) >= 11 is 5.50. The predicted molar refractivity (Wildman–Crippen MR) is 83.1 cm³/mol. The van der Waals surface area contributed by atoms with E-state index in [1.807, 2.05) is 12.1 Å². The summed E-state index contributed by atoms with van der Waals surface area (Å²) in [7, 11) is -3.16. The van der Waals surface area contributed by atoms with E-state index in [-0.39, 0.29) is 18.2 Å². The first kappa shape index (κ1) is 16.9. The second-order valence-electron chi connectivity index (χ2n) is 5.24. The first-order valence-corrected chi connectivity index (χ1v) is 8.45. The average Bonchev–Trinajstić information content (AvgIpc) is 2.35. The normalized spacial score (nSPS) is 11.6. The molecule has 3 nitrogen and oxygen atoms in total. The number of hydrogen-bond donors (Lipinski definition) is 0. The highest BCUT2D eigenvalue weighted by molar-refractivity contribution is 7.92. The Morgan fingerprint density at radius 3 is 2.60 bits per heavy atom. The maximum absolute atomic E-state index is 11.9. The van der Waals surface area contributed by atoms with E-state index in [1.165, 1.54) is 0 Å². The van der Waals surface area contributed by atoms with Crippen molar-refractivity contribution in [1.82, 2.24) is 0 Å². The monoisotopic (exact) mass is 314 g/mol. The molecule has 0 aromatic heterocycles. The van der Waals surface area contributed by atoms with Crippen LogP contribution < -0.4 is 4.74 Å². The van der Waals surface area contributed by atoms with Crippen molar-refractivity contribution in [2.45, 2.75) is 25.5 Å². The van der Waals surface area contributed by atoms with Crippen LogP contribution in [0.25, 0.3) is 0 Å². The number of ether oxygens (including phenoxy) is 1. The SMILES string of the molecule is CC(C)(C)S(=O)(=O)CCOc1cccc(C#CCCl)c1. The number of halogens is 1. The fourth-order valence-electron chi connectivity index (χ4n) is 1.37. The van der Waals surface area contributed by atoms with Gasteiger partial charge in [-0.2, -0.15) is 0 Å². The molecule has 0 aliphatic heterocycles. The van der Waals surface area contributed by atoms with Crippen LogP contribution in [-0.4, -0.2) is 31.4 Å². The topological polar surface area (TPSA) is 43.4 Å². The van der Waals surface area contributed by atoms with Crippen LogP contribution >= 0.6 is 11.6 Å². The summed E-state index contributed by atoms with van der Waals surface area (Å²) in [5.41, 5.74) is 0.793. The van der Waals surface area contributed by atoms with Crippen LogP contribution in [0.3, 0.4) is 0 Å². The maximum Gasteiger partial charge on any atom is 0.158 e. The molecule has 0 amide bonds. The largest absolute Gasteiger partial charge is 0.492 e. The molecule has 0 spiro atoms. The lowest BCUT2D eigenvalue weighted by Crippen LogP contribution is -2.32. The predicted octanol–water partition coefficient (Wildman–Crippen LogP) is 2.87. The Hall–Kier alpha value is -1.18. The first-order valence-electron chi connectivity index (χ1n) is 6.26. The van der Waals surface area contributed by atoms with Crippen LogP contribution in [0.5, 0.6) is 5.75 Å². The zero-order valence-corrected chi connectivity index (χ0v) is 13.5. The molecule has 0 atom stereocenters. The van der Waals surface area contributed by atoms with Crippen molar-refractivity contribution in [3.8, 4) is 17.6 Å². The third-order valence-electron chi connectivity index (χ3n) is 2.69. The molecule has 110 valence electrons. The van der Waals surface area contributed by atoms with E-state index in [2.05, 4.69) is 11.8 Å². The Balaban J connectivity index is 2.63. The Morgan fingerprint density at radius 2 is 2.00 bits per heavy atom. The molecule has 0 unspecified atom stereocenters. The number of benzene rings is 1. The molecule has 1 aromatic carbocycles. The van der Waals surface area contributed by atoms with E-state index >= 15 is 0 Å². The second kappa shape index (κ2) is 7.01. The number of sulfone groups is 1. The van der Waals surface area contributed by atoms with Crippen molar-refractivity contribution in [1.29, 1.82) is 0 Å². The molecule has 0 fully saturated rings. The van der Waals surface area contributed by atoms with Gasteiger partial charge in [-0.05, 0) is 39.0 Å². The fourth-order valence-corrected chi connectivity index (χ4v) is 2.36. The highest BCUT2D eigenvalue weighted by Gasteiger charge is 2.28. The van der Waals surface area contributed by atoms with Gasteiger partial charge in [0.25, 0.3) is 0 Å². The van der Waals surface area contributed by atoms with Gasteiger partial charge in [-0.15, -0.1) is 11.6 Å². The van der Waals surface area contributed by atoms with Gasteiger partial charge in [0, 0.05) is 5.56 Å². The van der Waals surface area contributed by atoms with E-state index < -0.39 is 14.6 Å². The lowest BCUT2D eigenvalue weighted by atomic mass is 10.2. The fraction of sp³-hybridized carbons (Fsp3) is 0.467. The molecule has 0 bridgehead atoms. The van der Waals surface area contributed by atoms with Crippen molar-refractivity contribution in [3.05, 3.63) is 29.8 Å². The average molecular weight is 315 g/mol. The quantitative estimate of drug-likeness (QED) is 0.634. The summed E-state index contributed by atoms with van der Waals surface area (Å²) in [4.78, 5) is 0. The minimum absolute atomic E-state index is 0.00587. The van der Waals surface area contributed by atoms with Crippen LogP contribution in [0.4, 0.5) is 0 Å². The van der Waals surface area contributed by atoms with Crippen molar-refractivity contribution < 1.29 is 13.2 Å². The van der Waals surface area contributed by atoms with E-state index in [0.717, 1.165) is 5.56 Å². The zero-order chi connectivity index (χ0) is 15.2. The molecular weight excluding hydrogens is 296 g/mol. The Morgan fingerprint density at radius 1 is 1.30 bits per heavy atom. The number of alkyl halides is 1. The molecule has 0 radical (unpaired) electrons. The van der Waals surface area contributed by atoms with Gasteiger partial charge in [-0.25, -0.2) is 8.42 Å². The van der Waals surface area contributed by atoms with Crippen LogP contribution in [0, 0.1) is 11.8 Å². The zero-order valence-electron chi connectivity index (χ0n) is 11.9. The second-order valence-corrected chi connectivity index (χ2v) is 8.37. The Kier molecular flexibility index (Phi) is 5.91. The molecule has 5 heteroatoms. The smallest absolute Gasteiger partial charge is 0.158 e. The van der Waals surface area contributed by atoms with E-state index in [4.69, 9.17) is 16.3 Å². The first-order chi connectivity index (χ1) is 9.26. The van der Waals surface area contributed by atoms with Gasteiger partial charge in [0.2, 0.25) is 0 Å². The van der Waals surface area contributed by atoms with E-state index in [9.17, 15) is 8.42 Å². The van der Waals surface area contributed by atoms with E-state index in [0.29, 0.717) is 5.75 Å². The van der Waals surface area contributed by atoms with Gasteiger partial charge < -0.3 is 4.74 Å². The van der Waals surface area contributed by atoms with Crippen molar-refractivity contribution >= 4 is 21.4 Å². The molecule has 0 N–H and O–H groups in total. The molecule has 0 aliphatic carbocycles. The van der Waals surface area contributed by atoms with Gasteiger partial charge in [-0.1, -0.05) is 17.9 Å². The van der Waals surface area contributed by atoms with Crippen LogP contribution in [0.15, 0.2) is 24.3 Å². The van der Waals surface area contributed by atoms with Crippen molar-refractivity contribution in [2.24, 2.45) is 0 Å². The van der Waals surface area contributed by atoms with Crippen molar-refractivity contribution in [2.75, 3.05) is 18.2 Å². The maximum atomic E-state index is 11.9. The van der Waals surface area contributed by atoms with Crippen LogP contribution in [0.1, 0.15) is 26.3 Å². The third-order valence-corrected chi connectivity index (χ3v) is 5.39. The highest BCUT2D eigenvalue weighted by Crippen LogP contribution is 2.17. The molecule has 0 aliphatic rings. The van der Waals surface area contributed by atoms with Gasteiger partial charge in [-0.3, -0.25) is 0 Å².